The Hall–Kier alpha value is -1.45. The van der Waals surface area contributed by atoms with Gasteiger partial charge in [-0.2, -0.15) is 5.11 Å². The van der Waals surface area contributed by atoms with E-state index in [1.807, 2.05) is 24.3 Å². The van der Waals surface area contributed by atoms with E-state index in [2.05, 4.69) is 15.2 Å². The van der Waals surface area contributed by atoms with E-state index in [0.717, 1.165) is 5.56 Å². The van der Waals surface area contributed by atoms with Crippen molar-refractivity contribution in [2.24, 2.45) is 10.2 Å². The minimum atomic E-state index is 0.424. The van der Waals surface area contributed by atoms with Gasteiger partial charge in [-0.15, -0.1) is 5.11 Å². The molecule has 2 aromatic rings. The van der Waals surface area contributed by atoms with E-state index in [0.29, 0.717) is 22.4 Å². The summed E-state index contributed by atoms with van der Waals surface area (Å²) >= 11 is 11.8. The van der Waals surface area contributed by atoms with Crippen LogP contribution < -0.4 is 0 Å². The monoisotopic (exact) mass is 265 g/mol. The molecule has 0 fully saturated rings. The fraction of sp³-hybridized carbons (Fsp3) is 0.0833. The van der Waals surface area contributed by atoms with Gasteiger partial charge >= 0.3 is 0 Å². The predicted molar refractivity (Wildman–Crippen MR) is 68.9 cm³/mol. The standard InChI is InChI=1S/C12H9Cl2N3/c13-10-5-6-15-12(7-10)17-16-8-9-3-1-2-4-11(9)14/h1-7H,8H2. The van der Waals surface area contributed by atoms with Gasteiger partial charge in [0.1, 0.15) is 0 Å². The molecule has 0 spiro atoms. The van der Waals surface area contributed by atoms with Crippen LogP contribution in [0, 0.1) is 0 Å². The average Bonchev–Trinajstić information content (AvgIpc) is 2.32. The highest BCUT2D eigenvalue weighted by molar-refractivity contribution is 6.31. The molecule has 5 heteroatoms. The number of aromatic nitrogens is 1. The van der Waals surface area contributed by atoms with E-state index in [-0.39, 0.29) is 0 Å². The van der Waals surface area contributed by atoms with Gasteiger partial charge in [0, 0.05) is 22.3 Å². The molecule has 17 heavy (non-hydrogen) atoms. The Labute approximate surface area is 109 Å². The first-order chi connectivity index (χ1) is 8.25. The second kappa shape index (κ2) is 5.75. The van der Waals surface area contributed by atoms with Crippen molar-refractivity contribution in [3.63, 3.8) is 0 Å². The highest BCUT2D eigenvalue weighted by Crippen LogP contribution is 2.18. The molecule has 0 unspecified atom stereocenters. The lowest BCUT2D eigenvalue weighted by Gasteiger charge is -1.98. The molecule has 0 bridgehead atoms. The van der Waals surface area contributed by atoms with Crippen molar-refractivity contribution in [1.82, 2.24) is 4.98 Å². The molecule has 0 atom stereocenters. The van der Waals surface area contributed by atoms with Crippen molar-refractivity contribution in [1.29, 1.82) is 0 Å². The van der Waals surface area contributed by atoms with E-state index in [4.69, 9.17) is 23.2 Å². The van der Waals surface area contributed by atoms with Crippen LogP contribution in [0.3, 0.4) is 0 Å². The molecule has 0 aliphatic carbocycles. The summed E-state index contributed by atoms with van der Waals surface area (Å²) in [4.78, 5) is 4.02. The molecule has 3 nitrogen and oxygen atoms in total. The summed E-state index contributed by atoms with van der Waals surface area (Å²) in [7, 11) is 0. The molecule has 0 N–H and O–H groups in total. The first kappa shape index (κ1) is 12.0. The fourth-order valence-corrected chi connectivity index (χ4v) is 1.61. The zero-order chi connectivity index (χ0) is 12.1. The van der Waals surface area contributed by atoms with Gasteiger partial charge in [0.15, 0.2) is 5.82 Å². The highest BCUT2D eigenvalue weighted by atomic mass is 35.5. The van der Waals surface area contributed by atoms with E-state index >= 15 is 0 Å². The molecule has 1 aromatic heterocycles. The molecular weight excluding hydrogens is 257 g/mol. The molecule has 86 valence electrons. The summed E-state index contributed by atoms with van der Waals surface area (Å²) in [5.74, 6) is 0.490. The maximum Gasteiger partial charge on any atom is 0.175 e. The van der Waals surface area contributed by atoms with Crippen LogP contribution in [0.2, 0.25) is 10.0 Å². The number of azo groups is 1. The van der Waals surface area contributed by atoms with Crippen molar-refractivity contribution in [3.05, 3.63) is 58.2 Å². The highest BCUT2D eigenvalue weighted by Gasteiger charge is 1.97. The molecule has 0 aliphatic heterocycles. The molecule has 2 rings (SSSR count). The largest absolute Gasteiger partial charge is 0.236 e. The van der Waals surface area contributed by atoms with Crippen molar-refractivity contribution >= 4 is 29.0 Å². The molecule has 1 heterocycles. The van der Waals surface area contributed by atoms with Crippen LogP contribution >= 0.6 is 23.2 Å². The lowest BCUT2D eigenvalue weighted by atomic mass is 10.2. The third-order valence-electron chi connectivity index (χ3n) is 2.08. The molecule has 0 aliphatic rings. The van der Waals surface area contributed by atoms with Crippen LogP contribution in [-0.4, -0.2) is 4.98 Å². The van der Waals surface area contributed by atoms with Gasteiger partial charge in [0.05, 0.1) is 6.54 Å². The van der Waals surface area contributed by atoms with E-state index < -0.39 is 0 Å². The van der Waals surface area contributed by atoms with Gasteiger partial charge in [-0.05, 0) is 17.7 Å². The zero-order valence-electron chi connectivity index (χ0n) is 8.85. The van der Waals surface area contributed by atoms with E-state index in [1.165, 1.54) is 0 Å². The zero-order valence-corrected chi connectivity index (χ0v) is 10.4. The summed E-state index contributed by atoms with van der Waals surface area (Å²) in [5.41, 5.74) is 0.931. The minimum Gasteiger partial charge on any atom is -0.236 e. The lowest BCUT2D eigenvalue weighted by molar-refractivity contribution is 0.947. The van der Waals surface area contributed by atoms with E-state index in [1.54, 1.807) is 18.3 Å². The topological polar surface area (TPSA) is 37.6 Å². The summed E-state index contributed by atoms with van der Waals surface area (Å²) in [6.07, 6.45) is 1.59. The smallest absolute Gasteiger partial charge is 0.175 e. The van der Waals surface area contributed by atoms with Gasteiger partial charge in [0.2, 0.25) is 0 Å². The van der Waals surface area contributed by atoms with Crippen molar-refractivity contribution < 1.29 is 0 Å². The summed E-state index contributed by atoms with van der Waals surface area (Å²) < 4.78 is 0. The Morgan fingerprint density at radius 2 is 1.94 bits per heavy atom. The molecule has 0 radical (unpaired) electrons. The van der Waals surface area contributed by atoms with Gasteiger partial charge in [-0.1, -0.05) is 41.4 Å². The average molecular weight is 266 g/mol. The Balaban J connectivity index is 2.06. The van der Waals surface area contributed by atoms with E-state index in [9.17, 15) is 0 Å². The van der Waals surface area contributed by atoms with Crippen molar-refractivity contribution in [2.75, 3.05) is 0 Å². The van der Waals surface area contributed by atoms with Crippen LogP contribution in [0.25, 0.3) is 0 Å². The Kier molecular flexibility index (Phi) is 4.07. The lowest BCUT2D eigenvalue weighted by Crippen LogP contribution is -1.81. The van der Waals surface area contributed by atoms with Crippen molar-refractivity contribution in [3.8, 4) is 0 Å². The van der Waals surface area contributed by atoms with Crippen LogP contribution in [0.5, 0.6) is 0 Å². The molecule has 0 saturated heterocycles. The van der Waals surface area contributed by atoms with Crippen LogP contribution in [0.15, 0.2) is 52.8 Å². The molecule has 0 saturated carbocycles. The molecular formula is C12H9Cl2N3. The first-order valence-corrected chi connectivity index (χ1v) is 5.74. The number of halogens is 2. The summed E-state index contributed by atoms with van der Waals surface area (Å²) in [6.45, 7) is 0.424. The molecule has 1 aromatic carbocycles. The maximum atomic E-state index is 5.99. The minimum absolute atomic E-state index is 0.424. The van der Waals surface area contributed by atoms with Gasteiger partial charge < -0.3 is 0 Å². The second-order valence-electron chi connectivity index (χ2n) is 3.32. The molecule has 0 amide bonds. The predicted octanol–water partition coefficient (Wildman–Crippen LogP) is 4.67. The van der Waals surface area contributed by atoms with Crippen LogP contribution in [-0.2, 0) is 6.54 Å². The third-order valence-corrected chi connectivity index (χ3v) is 2.68. The fourth-order valence-electron chi connectivity index (χ4n) is 1.26. The first-order valence-electron chi connectivity index (χ1n) is 4.98. The summed E-state index contributed by atoms with van der Waals surface area (Å²) in [5, 5.41) is 9.28. The van der Waals surface area contributed by atoms with Crippen LogP contribution in [0.4, 0.5) is 5.82 Å². The van der Waals surface area contributed by atoms with Crippen molar-refractivity contribution in [2.45, 2.75) is 6.54 Å². The number of benzene rings is 1. The SMILES string of the molecule is Clc1ccnc(N=NCc2ccccc2Cl)c1. The number of nitrogens with zero attached hydrogens (tertiary/aromatic N) is 3. The van der Waals surface area contributed by atoms with Gasteiger partial charge in [0.25, 0.3) is 0 Å². The summed E-state index contributed by atoms with van der Waals surface area (Å²) in [6, 6.07) is 10.9. The number of hydrogen-bond donors (Lipinski definition) is 0. The van der Waals surface area contributed by atoms with Crippen LogP contribution in [0.1, 0.15) is 5.56 Å². The second-order valence-corrected chi connectivity index (χ2v) is 4.17. The normalized spacial score (nSPS) is 10.9. The van der Waals surface area contributed by atoms with Gasteiger partial charge in [-0.25, -0.2) is 4.98 Å². The Morgan fingerprint density at radius 3 is 2.71 bits per heavy atom. The number of pyridine rings is 1. The maximum absolute atomic E-state index is 5.99. The number of rotatable bonds is 3. The Bertz CT molecular complexity index is 541. The van der Waals surface area contributed by atoms with Gasteiger partial charge in [-0.3, -0.25) is 0 Å². The Morgan fingerprint density at radius 1 is 1.12 bits per heavy atom. The number of hydrogen-bond acceptors (Lipinski definition) is 3. The third kappa shape index (κ3) is 3.51. The quantitative estimate of drug-likeness (QED) is 0.743.